The zero-order valence-corrected chi connectivity index (χ0v) is 13.6. The summed E-state index contributed by atoms with van der Waals surface area (Å²) in [6, 6.07) is 2.12. The summed E-state index contributed by atoms with van der Waals surface area (Å²) in [4.78, 5) is 18.1. The molecule has 0 aromatic carbocycles. The van der Waals surface area contributed by atoms with Crippen molar-refractivity contribution in [3.05, 3.63) is 28.5 Å². The highest BCUT2D eigenvalue weighted by molar-refractivity contribution is 9.10. The highest BCUT2D eigenvalue weighted by Gasteiger charge is 2.41. The largest absolute Gasteiger partial charge is 0.480 e. The van der Waals surface area contributed by atoms with Crippen LogP contribution in [0.4, 0.5) is 0 Å². The second kappa shape index (κ2) is 6.44. The van der Waals surface area contributed by atoms with Gasteiger partial charge in [-0.25, -0.2) is 0 Å². The number of hydrogen-bond acceptors (Lipinski definition) is 3. The monoisotopic (exact) mass is 352 g/mol. The molecule has 1 saturated carbocycles. The number of carboxylic acids is 1. The summed E-state index contributed by atoms with van der Waals surface area (Å²) in [5.41, 5.74) is 1.09. The van der Waals surface area contributed by atoms with E-state index in [0.29, 0.717) is 18.5 Å². The third-order valence-corrected chi connectivity index (χ3v) is 5.35. The molecule has 1 N–H and O–H groups in total. The minimum atomic E-state index is -0.679. The van der Waals surface area contributed by atoms with Gasteiger partial charge in [-0.05, 0) is 59.2 Å². The number of aliphatic carboxylic acids is 1. The smallest absolute Gasteiger partial charge is 0.320 e. The van der Waals surface area contributed by atoms with E-state index < -0.39 is 5.97 Å². The number of rotatable bonds is 3. The van der Waals surface area contributed by atoms with Crippen molar-refractivity contribution in [1.29, 1.82) is 0 Å². The summed E-state index contributed by atoms with van der Waals surface area (Å²) in [5.74, 6) is -0.00329. The minimum absolute atomic E-state index is 0.344. The molecule has 114 valence electrons. The standard InChI is InChI=1S/C16H21BrN2O2/c17-13-7-11(8-18-9-13)10-19-14-4-2-1-3-12(14)5-6-15(19)16(20)21/h7-9,12,14-15H,1-6,10H2,(H,20,21). The molecule has 21 heavy (non-hydrogen) atoms. The molecule has 1 aromatic heterocycles. The van der Waals surface area contributed by atoms with Gasteiger partial charge < -0.3 is 5.11 Å². The molecule has 3 atom stereocenters. The molecule has 1 saturated heterocycles. The maximum absolute atomic E-state index is 11.6. The predicted octanol–water partition coefficient (Wildman–Crippen LogP) is 3.45. The average molecular weight is 353 g/mol. The number of nitrogens with zero attached hydrogens (tertiary/aromatic N) is 2. The highest BCUT2D eigenvalue weighted by atomic mass is 79.9. The van der Waals surface area contributed by atoms with E-state index in [0.717, 1.165) is 29.3 Å². The zero-order valence-electron chi connectivity index (χ0n) is 12.0. The second-order valence-electron chi connectivity index (χ2n) is 6.23. The Morgan fingerprint density at radius 1 is 1.29 bits per heavy atom. The van der Waals surface area contributed by atoms with Gasteiger partial charge in [-0.2, -0.15) is 0 Å². The van der Waals surface area contributed by atoms with Gasteiger partial charge in [0.15, 0.2) is 0 Å². The first kappa shape index (κ1) is 15.0. The summed E-state index contributed by atoms with van der Waals surface area (Å²) in [6.07, 6.45) is 10.4. The first-order valence-electron chi connectivity index (χ1n) is 7.73. The van der Waals surface area contributed by atoms with Crippen LogP contribution < -0.4 is 0 Å². The lowest BCUT2D eigenvalue weighted by Gasteiger charge is -2.47. The summed E-state index contributed by atoms with van der Waals surface area (Å²) < 4.78 is 0.948. The van der Waals surface area contributed by atoms with Crippen LogP contribution in [0.3, 0.4) is 0 Å². The Morgan fingerprint density at radius 3 is 2.86 bits per heavy atom. The molecule has 2 fully saturated rings. The third kappa shape index (κ3) is 3.29. The molecule has 0 bridgehead atoms. The SMILES string of the molecule is O=C(O)C1CCC2CCCCC2N1Cc1cncc(Br)c1. The minimum Gasteiger partial charge on any atom is -0.480 e. The van der Waals surface area contributed by atoms with Gasteiger partial charge in [-0.15, -0.1) is 0 Å². The van der Waals surface area contributed by atoms with Crippen LogP contribution in [-0.4, -0.2) is 33.0 Å². The Balaban J connectivity index is 1.83. The number of carbonyl (C=O) groups is 1. The summed E-state index contributed by atoms with van der Waals surface area (Å²) >= 11 is 3.44. The summed E-state index contributed by atoms with van der Waals surface area (Å²) in [7, 11) is 0. The molecule has 2 heterocycles. The van der Waals surface area contributed by atoms with Gasteiger partial charge in [0.1, 0.15) is 6.04 Å². The van der Waals surface area contributed by atoms with Crippen LogP contribution in [0.1, 0.15) is 44.1 Å². The average Bonchev–Trinajstić information content (AvgIpc) is 2.47. The number of pyridine rings is 1. The molecule has 5 heteroatoms. The third-order valence-electron chi connectivity index (χ3n) is 4.92. The van der Waals surface area contributed by atoms with Crippen molar-refractivity contribution in [2.75, 3.05) is 0 Å². The Hall–Kier alpha value is -0.940. The number of piperidine rings is 1. The van der Waals surface area contributed by atoms with Crippen LogP contribution in [0.15, 0.2) is 22.9 Å². The highest BCUT2D eigenvalue weighted by Crippen LogP contribution is 2.38. The molecule has 1 aliphatic heterocycles. The fraction of sp³-hybridized carbons (Fsp3) is 0.625. The number of hydrogen-bond donors (Lipinski definition) is 1. The van der Waals surface area contributed by atoms with Gasteiger partial charge >= 0.3 is 5.97 Å². The normalized spacial score (nSPS) is 29.9. The first-order chi connectivity index (χ1) is 10.1. The lowest BCUT2D eigenvalue weighted by molar-refractivity contribution is -0.148. The van der Waals surface area contributed by atoms with E-state index >= 15 is 0 Å². The van der Waals surface area contributed by atoms with Crippen molar-refractivity contribution in [2.24, 2.45) is 5.92 Å². The molecule has 0 radical (unpaired) electrons. The second-order valence-corrected chi connectivity index (χ2v) is 7.14. The summed E-state index contributed by atoms with van der Waals surface area (Å²) in [6.45, 7) is 0.685. The Labute approximate surface area is 133 Å². The van der Waals surface area contributed by atoms with E-state index in [-0.39, 0.29) is 6.04 Å². The Kier molecular flexibility index (Phi) is 4.60. The fourth-order valence-electron chi connectivity index (χ4n) is 3.98. The van der Waals surface area contributed by atoms with Gasteiger partial charge in [0.25, 0.3) is 0 Å². The van der Waals surface area contributed by atoms with Crippen LogP contribution in [0, 0.1) is 5.92 Å². The molecule has 2 aliphatic rings. The van der Waals surface area contributed by atoms with E-state index in [2.05, 4.69) is 25.8 Å². The molecule has 4 nitrogen and oxygen atoms in total. The zero-order chi connectivity index (χ0) is 14.8. The van der Waals surface area contributed by atoms with Gasteiger partial charge in [-0.1, -0.05) is 12.8 Å². The number of likely N-dealkylation sites (tertiary alicyclic amines) is 1. The molecule has 0 spiro atoms. The van der Waals surface area contributed by atoms with Crippen LogP contribution in [-0.2, 0) is 11.3 Å². The van der Waals surface area contributed by atoms with E-state index in [1.165, 1.54) is 19.3 Å². The molecular formula is C16H21BrN2O2. The van der Waals surface area contributed by atoms with Crippen molar-refractivity contribution in [3.63, 3.8) is 0 Å². The van der Waals surface area contributed by atoms with E-state index in [9.17, 15) is 9.90 Å². The van der Waals surface area contributed by atoms with Crippen molar-refractivity contribution in [1.82, 2.24) is 9.88 Å². The van der Waals surface area contributed by atoms with Gasteiger partial charge in [0, 0.05) is 29.5 Å². The lowest BCUT2D eigenvalue weighted by Crippen LogP contribution is -2.54. The van der Waals surface area contributed by atoms with E-state index in [1.54, 1.807) is 6.20 Å². The molecular weight excluding hydrogens is 332 g/mol. The molecule has 1 aromatic rings. The van der Waals surface area contributed by atoms with Crippen LogP contribution in [0.2, 0.25) is 0 Å². The van der Waals surface area contributed by atoms with Crippen molar-refractivity contribution in [2.45, 2.75) is 57.2 Å². The van der Waals surface area contributed by atoms with Gasteiger partial charge in [0.2, 0.25) is 0 Å². The molecule has 0 amide bonds. The Bertz CT molecular complexity index is 523. The maximum atomic E-state index is 11.6. The van der Waals surface area contributed by atoms with E-state index in [1.807, 2.05) is 12.3 Å². The Morgan fingerprint density at radius 2 is 2.10 bits per heavy atom. The summed E-state index contributed by atoms with van der Waals surface area (Å²) in [5, 5.41) is 9.56. The van der Waals surface area contributed by atoms with Crippen molar-refractivity contribution >= 4 is 21.9 Å². The number of carboxylic acid groups (broad SMARTS) is 1. The lowest BCUT2D eigenvalue weighted by atomic mass is 9.76. The topological polar surface area (TPSA) is 53.4 Å². The van der Waals surface area contributed by atoms with Crippen molar-refractivity contribution in [3.8, 4) is 0 Å². The van der Waals surface area contributed by atoms with Crippen LogP contribution in [0.5, 0.6) is 0 Å². The first-order valence-corrected chi connectivity index (χ1v) is 8.52. The van der Waals surface area contributed by atoms with Crippen molar-refractivity contribution < 1.29 is 9.90 Å². The van der Waals surface area contributed by atoms with Crippen LogP contribution in [0.25, 0.3) is 0 Å². The predicted molar refractivity (Wildman–Crippen MR) is 83.9 cm³/mol. The molecule has 1 aliphatic carbocycles. The quantitative estimate of drug-likeness (QED) is 0.904. The number of aromatic nitrogens is 1. The van der Waals surface area contributed by atoms with Gasteiger partial charge in [-0.3, -0.25) is 14.7 Å². The fourth-order valence-corrected chi connectivity index (χ4v) is 4.39. The molecule has 3 rings (SSSR count). The molecule has 3 unspecified atom stereocenters. The van der Waals surface area contributed by atoms with Gasteiger partial charge in [0.05, 0.1) is 0 Å². The number of fused-ring (bicyclic) bond motifs is 1. The van der Waals surface area contributed by atoms with E-state index in [4.69, 9.17) is 0 Å². The maximum Gasteiger partial charge on any atom is 0.320 e. The van der Waals surface area contributed by atoms with Crippen LogP contribution >= 0.6 is 15.9 Å². The number of halogens is 1.